The maximum absolute atomic E-state index is 4.50. The maximum Gasteiger partial charge on any atom is 0.151 e. The van der Waals surface area contributed by atoms with Crippen LogP contribution >= 0.6 is 11.8 Å². The molecule has 1 fully saturated rings. The van der Waals surface area contributed by atoms with E-state index in [9.17, 15) is 0 Å². The topological polar surface area (TPSA) is 37.2 Å². The lowest BCUT2D eigenvalue weighted by molar-refractivity contribution is 0.145. The van der Waals surface area contributed by atoms with Crippen molar-refractivity contribution in [3.05, 3.63) is 35.9 Å². The van der Waals surface area contributed by atoms with Crippen molar-refractivity contribution < 1.29 is 0 Å². The van der Waals surface area contributed by atoms with E-state index in [4.69, 9.17) is 0 Å². The highest BCUT2D eigenvalue weighted by atomic mass is 32.2. The first kappa shape index (κ1) is 14.2. The Balaban J connectivity index is 1.65. The fourth-order valence-corrected chi connectivity index (χ4v) is 4.10. The molecule has 1 saturated heterocycles. The first-order chi connectivity index (χ1) is 10.8. The van der Waals surface area contributed by atoms with Crippen LogP contribution in [0.1, 0.15) is 11.6 Å². The van der Waals surface area contributed by atoms with E-state index in [1.807, 2.05) is 11.8 Å². The van der Waals surface area contributed by atoms with Gasteiger partial charge < -0.3 is 4.90 Å². The van der Waals surface area contributed by atoms with Gasteiger partial charge in [-0.2, -0.15) is 0 Å². The van der Waals surface area contributed by atoms with Gasteiger partial charge in [0, 0.05) is 43.2 Å². The van der Waals surface area contributed by atoms with Crippen molar-refractivity contribution in [2.45, 2.75) is 17.9 Å². The van der Waals surface area contributed by atoms with Crippen LogP contribution in [0.2, 0.25) is 0 Å². The number of benzene rings is 1. The summed E-state index contributed by atoms with van der Waals surface area (Å²) in [5.41, 5.74) is 1.24. The number of rotatable bonds is 2. The predicted molar refractivity (Wildman–Crippen MR) is 88.6 cm³/mol. The fourth-order valence-electron chi connectivity index (χ4n) is 3.12. The van der Waals surface area contributed by atoms with E-state index in [1.54, 1.807) is 0 Å². The molecule has 4 rings (SSSR count). The number of nitrogens with zero attached hydrogens (tertiary/aromatic N) is 5. The molecular formula is C16H21N5S. The van der Waals surface area contributed by atoms with Crippen molar-refractivity contribution in [1.82, 2.24) is 24.6 Å². The number of aromatic nitrogens is 3. The molecule has 0 amide bonds. The summed E-state index contributed by atoms with van der Waals surface area (Å²) in [6.07, 6.45) is 0.981. The Morgan fingerprint density at radius 3 is 2.77 bits per heavy atom. The minimum absolute atomic E-state index is 0.889. The molecule has 0 radical (unpaired) electrons. The monoisotopic (exact) mass is 315 g/mol. The summed E-state index contributed by atoms with van der Waals surface area (Å²) in [5, 5.41) is 8.96. The van der Waals surface area contributed by atoms with Gasteiger partial charge in [-0.05, 0) is 19.2 Å². The average Bonchev–Trinajstić information content (AvgIpc) is 2.83. The van der Waals surface area contributed by atoms with E-state index in [-0.39, 0.29) is 0 Å². The van der Waals surface area contributed by atoms with Crippen LogP contribution in [0.3, 0.4) is 0 Å². The van der Waals surface area contributed by atoms with Crippen molar-refractivity contribution in [3.8, 4) is 5.69 Å². The van der Waals surface area contributed by atoms with Gasteiger partial charge in [0.2, 0.25) is 0 Å². The zero-order valence-electron chi connectivity index (χ0n) is 12.9. The van der Waals surface area contributed by atoms with Gasteiger partial charge in [0.05, 0.1) is 12.2 Å². The molecule has 1 aromatic heterocycles. The number of aryl methyl sites for hydroxylation is 1. The van der Waals surface area contributed by atoms with Crippen LogP contribution in [0.15, 0.2) is 29.2 Å². The molecule has 0 bridgehead atoms. The molecule has 2 aliphatic heterocycles. The molecule has 22 heavy (non-hydrogen) atoms. The molecule has 1 aromatic carbocycles. The van der Waals surface area contributed by atoms with Gasteiger partial charge in [0.1, 0.15) is 5.82 Å². The molecule has 5 nitrogen and oxygen atoms in total. The van der Waals surface area contributed by atoms with E-state index in [0.717, 1.165) is 56.5 Å². The standard InChI is InChI=1S/C16H21N5S/c1-19-7-9-20(10-8-19)12-16-18-17-15-6-11-22-14-5-3-2-4-13(14)21(15)16/h2-5H,6-12H2,1H3. The molecule has 2 aliphatic rings. The van der Waals surface area contributed by atoms with Gasteiger partial charge in [-0.25, -0.2) is 0 Å². The molecule has 3 heterocycles. The highest BCUT2D eigenvalue weighted by molar-refractivity contribution is 7.99. The molecule has 116 valence electrons. The Hall–Kier alpha value is -1.37. The fraction of sp³-hybridized carbons (Fsp3) is 0.500. The molecule has 0 unspecified atom stereocenters. The first-order valence-corrected chi connectivity index (χ1v) is 8.86. The van der Waals surface area contributed by atoms with Crippen LogP contribution in [0, 0.1) is 0 Å². The summed E-state index contributed by atoms with van der Waals surface area (Å²) >= 11 is 1.92. The van der Waals surface area contributed by atoms with E-state index in [1.165, 1.54) is 10.6 Å². The number of hydrogen-bond acceptors (Lipinski definition) is 5. The molecule has 0 N–H and O–H groups in total. The van der Waals surface area contributed by atoms with E-state index in [2.05, 4.69) is 55.9 Å². The smallest absolute Gasteiger partial charge is 0.151 e. The lowest BCUT2D eigenvalue weighted by Gasteiger charge is -2.32. The second-order valence-corrected chi connectivity index (χ2v) is 7.15. The van der Waals surface area contributed by atoms with Crippen LogP contribution in [0.25, 0.3) is 5.69 Å². The SMILES string of the molecule is CN1CCN(Cc2nnc3n2-c2ccccc2SCC3)CC1. The van der Waals surface area contributed by atoms with E-state index in [0.29, 0.717) is 0 Å². The Kier molecular flexibility index (Phi) is 3.90. The maximum atomic E-state index is 4.50. The number of para-hydroxylation sites is 1. The van der Waals surface area contributed by atoms with Crippen molar-refractivity contribution >= 4 is 11.8 Å². The summed E-state index contributed by atoms with van der Waals surface area (Å²) in [6, 6.07) is 8.61. The third-order valence-corrected chi connectivity index (χ3v) is 5.51. The number of likely N-dealkylation sites (N-methyl/N-ethyl adjacent to an activating group) is 1. The summed E-state index contributed by atoms with van der Waals surface area (Å²) in [6.45, 7) is 5.37. The van der Waals surface area contributed by atoms with E-state index >= 15 is 0 Å². The Labute approximate surface area is 135 Å². The lowest BCUT2D eigenvalue weighted by Crippen LogP contribution is -2.44. The van der Waals surface area contributed by atoms with Crippen LogP contribution in [-0.2, 0) is 13.0 Å². The third-order valence-electron chi connectivity index (χ3n) is 4.45. The predicted octanol–water partition coefficient (Wildman–Crippen LogP) is 1.66. The Morgan fingerprint density at radius 1 is 1.09 bits per heavy atom. The number of thioether (sulfide) groups is 1. The van der Waals surface area contributed by atoms with Gasteiger partial charge in [0.25, 0.3) is 0 Å². The molecule has 0 saturated carbocycles. The van der Waals surface area contributed by atoms with Gasteiger partial charge in [-0.3, -0.25) is 9.47 Å². The summed E-state index contributed by atoms with van der Waals surface area (Å²) in [7, 11) is 2.19. The zero-order chi connectivity index (χ0) is 14.9. The summed E-state index contributed by atoms with van der Waals surface area (Å²) in [4.78, 5) is 6.20. The largest absolute Gasteiger partial charge is 0.304 e. The van der Waals surface area contributed by atoms with E-state index < -0.39 is 0 Å². The van der Waals surface area contributed by atoms with Crippen molar-refractivity contribution in [3.63, 3.8) is 0 Å². The Bertz CT molecular complexity index is 660. The Morgan fingerprint density at radius 2 is 1.91 bits per heavy atom. The normalized spacial score (nSPS) is 19.5. The summed E-state index contributed by atoms with van der Waals surface area (Å²) < 4.78 is 2.29. The molecular weight excluding hydrogens is 294 g/mol. The highest BCUT2D eigenvalue weighted by Crippen LogP contribution is 2.31. The second kappa shape index (κ2) is 6.02. The third kappa shape index (κ3) is 2.66. The van der Waals surface area contributed by atoms with Crippen LogP contribution < -0.4 is 0 Å². The zero-order valence-corrected chi connectivity index (χ0v) is 13.7. The minimum atomic E-state index is 0.889. The minimum Gasteiger partial charge on any atom is -0.304 e. The second-order valence-electron chi connectivity index (χ2n) is 6.01. The molecule has 0 aliphatic carbocycles. The summed E-state index contributed by atoms with van der Waals surface area (Å²) in [5.74, 6) is 3.25. The molecule has 6 heteroatoms. The molecule has 0 spiro atoms. The first-order valence-electron chi connectivity index (χ1n) is 7.87. The van der Waals surface area contributed by atoms with Crippen LogP contribution in [0.5, 0.6) is 0 Å². The van der Waals surface area contributed by atoms with Crippen molar-refractivity contribution in [2.24, 2.45) is 0 Å². The molecule has 2 aromatic rings. The van der Waals surface area contributed by atoms with Gasteiger partial charge in [-0.15, -0.1) is 22.0 Å². The van der Waals surface area contributed by atoms with Crippen LogP contribution in [0.4, 0.5) is 0 Å². The highest BCUT2D eigenvalue weighted by Gasteiger charge is 2.22. The van der Waals surface area contributed by atoms with Crippen LogP contribution in [-0.4, -0.2) is 63.5 Å². The molecule has 0 atom stereocenters. The van der Waals surface area contributed by atoms with Gasteiger partial charge in [0.15, 0.2) is 5.82 Å². The number of hydrogen-bond donors (Lipinski definition) is 0. The average molecular weight is 315 g/mol. The lowest BCUT2D eigenvalue weighted by atomic mass is 10.3. The number of piperazine rings is 1. The van der Waals surface area contributed by atoms with Crippen molar-refractivity contribution in [2.75, 3.05) is 39.0 Å². The van der Waals surface area contributed by atoms with Gasteiger partial charge >= 0.3 is 0 Å². The quantitative estimate of drug-likeness (QED) is 0.842. The van der Waals surface area contributed by atoms with Crippen molar-refractivity contribution in [1.29, 1.82) is 0 Å². The van der Waals surface area contributed by atoms with Gasteiger partial charge in [-0.1, -0.05) is 12.1 Å². The number of fused-ring (bicyclic) bond motifs is 3.